The Hall–Kier alpha value is -0.810. The fourth-order valence-corrected chi connectivity index (χ4v) is 1.47. The Labute approximate surface area is 98.3 Å². The molecule has 1 saturated heterocycles. The molecule has 1 fully saturated rings. The molecule has 0 atom stereocenters. The summed E-state index contributed by atoms with van der Waals surface area (Å²) in [5.41, 5.74) is 5.91. The van der Waals surface area contributed by atoms with E-state index in [1.807, 2.05) is 0 Å². The van der Waals surface area contributed by atoms with Crippen LogP contribution in [0.15, 0.2) is 4.99 Å². The number of morpholine rings is 1. The predicted molar refractivity (Wildman–Crippen MR) is 66.6 cm³/mol. The number of hydrogen-bond donors (Lipinski definition) is 1. The summed E-state index contributed by atoms with van der Waals surface area (Å²) in [5.74, 6) is 0.653. The van der Waals surface area contributed by atoms with Crippen LogP contribution in [0, 0.1) is 0 Å². The first kappa shape index (κ1) is 13.3. The number of guanidine groups is 1. The van der Waals surface area contributed by atoms with Crippen molar-refractivity contribution in [3.05, 3.63) is 0 Å². The fraction of sp³-hybridized carbons (Fsp3) is 0.909. The van der Waals surface area contributed by atoms with Crippen LogP contribution < -0.4 is 5.73 Å². The maximum atomic E-state index is 5.91. The lowest BCUT2D eigenvalue weighted by Gasteiger charge is -2.27. The third kappa shape index (κ3) is 4.37. The van der Waals surface area contributed by atoms with Crippen LogP contribution in [0.25, 0.3) is 0 Å². The van der Waals surface area contributed by atoms with E-state index in [4.69, 9.17) is 10.5 Å². The highest BCUT2D eigenvalue weighted by Gasteiger charge is 2.11. The summed E-state index contributed by atoms with van der Waals surface area (Å²) < 4.78 is 5.26. The summed E-state index contributed by atoms with van der Waals surface area (Å²) in [6.45, 7) is 9.28. The van der Waals surface area contributed by atoms with E-state index in [2.05, 4.69) is 35.7 Å². The summed E-state index contributed by atoms with van der Waals surface area (Å²) >= 11 is 0. The van der Waals surface area contributed by atoms with Crippen LogP contribution in [0.5, 0.6) is 0 Å². The molecule has 0 radical (unpaired) electrons. The second-order valence-corrected chi connectivity index (χ2v) is 4.41. The minimum Gasteiger partial charge on any atom is -0.378 e. The van der Waals surface area contributed by atoms with Gasteiger partial charge in [-0.3, -0.25) is 4.99 Å². The summed E-state index contributed by atoms with van der Waals surface area (Å²) in [4.78, 5) is 8.74. The molecule has 1 aliphatic rings. The van der Waals surface area contributed by atoms with E-state index in [0.29, 0.717) is 12.0 Å². The minimum absolute atomic E-state index is 0.555. The molecule has 0 aromatic heterocycles. The van der Waals surface area contributed by atoms with Crippen molar-refractivity contribution in [3.8, 4) is 0 Å². The number of likely N-dealkylation sites (N-methyl/N-ethyl adjacent to an activating group) is 1. The molecule has 0 spiro atoms. The molecule has 0 aromatic rings. The lowest BCUT2D eigenvalue weighted by Crippen LogP contribution is -2.45. The number of nitrogens with zero attached hydrogens (tertiary/aromatic N) is 3. The van der Waals surface area contributed by atoms with Gasteiger partial charge in [0.05, 0.1) is 19.8 Å². The molecule has 5 heteroatoms. The number of aliphatic imine (C=N–C) groups is 1. The third-order valence-corrected chi connectivity index (χ3v) is 2.94. The molecule has 1 aliphatic heterocycles. The zero-order valence-electron chi connectivity index (χ0n) is 10.6. The highest BCUT2D eigenvalue weighted by molar-refractivity contribution is 5.78. The van der Waals surface area contributed by atoms with E-state index < -0.39 is 0 Å². The summed E-state index contributed by atoms with van der Waals surface area (Å²) in [5, 5.41) is 0. The van der Waals surface area contributed by atoms with Gasteiger partial charge in [-0.15, -0.1) is 0 Å². The zero-order valence-corrected chi connectivity index (χ0v) is 10.6. The van der Waals surface area contributed by atoms with Crippen molar-refractivity contribution >= 4 is 5.96 Å². The number of hydrogen-bond acceptors (Lipinski definition) is 3. The van der Waals surface area contributed by atoms with Crippen molar-refractivity contribution in [2.24, 2.45) is 10.7 Å². The first-order valence-electron chi connectivity index (χ1n) is 5.94. The van der Waals surface area contributed by atoms with Gasteiger partial charge in [0.25, 0.3) is 0 Å². The first-order valence-corrected chi connectivity index (χ1v) is 5.94. The van der Waals surface area contributed by atoms with E-state index in [1.165, 1.54) is 0 Å². The lowest BCUT2D eigenvalue weighted by atomic mass is 10.3. The van der Waals surface area contributed by atoms with Crippen molar-refractivity contribution in [2.45, 2.75) is 19.9 Å². The van der Waals surface area contributed by atoms with E-state index >= 15 is 0 Å². The van der Waals surface area contributed by atoms with Gasteiger partial charge < -0.3 is 20.3 Å². The Morgan fingerprint density at radius 3 is 2.62 bits per heavy atom. The molecule has 16 heavy (non-hydrogen) atoms. The van der Waals surface area contributed by atoms with E-state index in [-0.39, 0.29) is 0 Å². The topological polar surface area (TPSA) is 54.1 Å². The van der Waals surface area contributed by atoms with Crippen LogP contribution in [0.2, 0.25) is 0 Å². The van der Waals surface area contributed by atoms with Crippen molar-refractivity contribution < 1.29 is 4.74 Å². The molecule has 1 rings (SSSR count). The van der Waals surface area contributed by atoms with Crippen molar-refractivity contribution in [2.75, 3.05) is 46.4 Å². The maximum Gasteiger partial charge on any atom is 0.191 e. The van der Waals surface area contributed by atoms with Gasteiger partial charge in [-0.1, -0.05) is 0 Å². The molecule has 1 heterocycles. The van der Waals surface area contributed by atoms with Crippen LogP contribution in [0.3, 0.4) is 0 Å². The second kappa shape index (κ2) is 6.70. The van der Waals surface area contributed by atoms with Gasteiger partial charge in [-0.05, 0) is 20.9 Å². The van der Waals surface area contributed by atoms with Crippen molar-refractivity contribution in [3.63, 3.8) is 0 Å². The van der Waals surface area contributed by atoms with Crippen LogP contribution >= 0.6 is 0 Å². The number of ether oxygens (including phenoxy) is 1. The molecule has 5 nitrogen and oxygen atoms in total. The summed E-state index contributed by atoms with van der Waals surface area (Å²) in [6.07, 6.45) is 0. The average molecular weight is 228 g/mol. The van der Waals surface area contributed by atoms with Gasteiger partial charge in [-0.2, -0.15) is 0 Å². The molecular weight excluding hydrogens is 204 g/mol. The van der Waals surface area contributed by atoms with Crippen LogP contribution in [0.1, 0.15) is 13.8 Å². The largest absolute Gasteiger partial charge is 0.378 e. The van der Waals surface area contributed by atoms with E-state index in [0.717, 1.165) is 39.4 Å². The minimum atomic E-state index is 0.555. The van der Waals surface area contributed by atoms with Crippen molar-refractivity contribution in [1.82, 2.24) is 9.80 Å². The maximum absolute atomic E-state index is 5.91. The predicted octanol–water partition coefficient (Wildman–Crippen LogP) is -0.0265. The van der Waals surface area contributed by atoms with Gasteiger partial charge in [0.15, 0.2) is 5.96 Å². The Morgan fingerprint density at radius 1 is 1.44 bits per heavy atom. The Bertz CT molecular complexity index is 224. The molecule has 0 aliphatic carbocycles. The summed E-state index contributed by atoms with van der Waals surface area (Å²) in [7, 11) is 2.10. The van der Waals surface area contributed by atoms with Crippen LogP contribution in [-0.4, -0.2) is 68.2 Å². The quantitative estimate of drug-likeness (QED) is 0.542. The number of rotatable bonds is 4. The Kier molecular flexibility index (Phi) is 5.55. The van der Waals surface area contributed by atoms with Gasteiger partial charge >= 0.3 is 0 Å². The highest BCUT2D eigenvalue weighted by atomic mass is 16.5. The third-order valence-electron chi connectivity index (χ3n) is 2.94. The standard InChI is InChI=1S/C11H24N4O/c1-10(2)14(3)5-4-13-11(12)15-6-8-16-9-7-15/h10H,4-9H2,1-3H3,(H2,12,13). The van der Waals surface area contributed by atoms with Crippen LogP contribution in [-0.2, 0) is 4.74 Å². The van der Waals surface area contributed by atoms with E-state index in [9.17, 15) is 0 Å². The van der Waals surface area contributed by atoms with Gasteiger partial charge in [0.1, 0.15) is 0 Å². The van der Waals surface area contributed by atoms with Gasteiger partial charge in [0, 0.05) is 25.7 Å². The molecule has 0 unspecified atom stereocenters. The van der Waals surface area contributed by atoms with E-state index in [1.54, 1.807) is 0 Å². The second-order valence-electron chi connectivity index (χ2n) is 4.41. The first-order chi connectivity index (χ1) is 7.61. The Balaban J connectivity index is 2.27. The Morgan fingerprint density at radius 2 is 2.06 bits per heavy atom. The van der Waals surface area contributed by atoms with Crippen molar-refractivity contribution in [1.29, 1.82) is 0 Å². The van der Waals surface area contributed by atoms with Crippen LogP contribution in [0.4, 0.5) is 0 Å². The monoisotopic (exact) mass is 228 g/mol. The molecule has 2 N–H and O–H groups in total. The fourth-order valence-electron chi connectivity index (χ4n) is 1.47. The molecule has 0 amide bonds. The average Bonchev–Trinajstić information content (AvgIpc) is 2.29. The van der Waals surface area contributed by atoms with Gasteiger partial charge in [0.2, 0.25) is 0 Å². The number of nitrogens with two attached hydrogens (primary N) is 1. The smallest absolute Gasteiger partial charge is 0.191 e. The lowest BCUT2D eigenvalue weighted by molar-refractivity contribution is 0.0674. The zero-order chi connectivity index (χ0) is 12.0. The normalized spacial score (nSPS) is 18.6. The SMILES string of the molecule is CC(C)N(C)CCN=C(N)N1CCOCC1. The molecular formula is C11H24N4O. The van der Waals surface area contributed by atoms with Gasteiger partial charge in [-0.25, -0.2) is 0 Å². The highest BCUT2D eigenvalue weighted by Crippen LogP contribution is 1.97. The molecule has 0 bridgehead atoms. The molecule has 94 valence electrons. The molecule has 0 saturated carbocycles. The summed E-state index contributed by atoms with van der Waals surface area (Å²) in [6, 6.07) is 0.555. The molecule has 0 aromatic carbocycles.